The molecule has 17 heavy (non-hydrogen) atoms. The Morgan fingerprint density at radius 2 is 2.18 bits per heavy atom. The molecule has 88 valence electrons. The predicted octanol–water partition coefficient (Wildman–Crippen LogP) is 1.42. The van der Waals surface area contributed by atoms with Gasteiger partial charge in [0.1, 0.15) is 0 Å². The number of H-pyrrole nitrogens is 1. The van der Waals surface area contributed by atoms with E-state index >= 15 is 0 Å². The number of carbonyl (C=O) groups excluding carboxylic acids is 1. The summed E-state index contributed by atoms with van der Waals surface area (Å²) in [6.07, 6.45) is 2.94. The molecule has 3 N–H and O–H groups in total. The highest BCUT2D eigenvalue weighted by Gasteiger charge is 2.28. The topological polar surface area (TPSA) is 65.1 Å². The van der Waals surface area contributed by atoms with Gasteiger partial charge >= 0.3 is 0 Å². The zero-order valence-corrected chi connectivity index (χ0v) is 9.31. The van der Waals surface area contributed by atoms with E-state index in [4.69, 9.17) is 5.11 Å². The van der Waals surface area contributed by atoms with Crippen LogP contribution in [0.4, 0.5) is 0 Å². The SMILES string of the molecule is O=C(NC1CC(O)C1)c1ccc2[nH]ccc2c1. The first-order valence-corrected chi connectivity index (χ1v) is 5.78. The van der Waals surface area contributed by atoms with Crippen molar-refractivity contribution in [2.75, 3.05) is 0 Å². The molecule has 1 aliphatic rings. The number of hydrogen-bond acceptors (Lipinski definition) is 2. The number of carbonyl (C=O) groups is 1. The zero-order valence-electron chi connectivity index (χ0n) is 9.31. The number of hydrogen-bond donors (Lipinski definition) is 3. The number of aliphatic hydroxyl groups excluding tert-OH is 1. The Labute approximate surface area is 98.6 Å². The standard InChI is InChI=1S/C13H14N2O2/c16-11-6-10(7-11)15-13(17)9-1-2-12-8(5-9)3-4-14-12/h1-5,10-11,14,16H,6-7H2,(H,15,17). The Morgan fingerprint density at radius 3 is 2.94 bits per heavy atom. The Balaban J connectivity index is 1.76. The predicted molar refractivity (Wildman–Crippen MR) is 64.8 cm³/mol. The van der Waals surface area contributed by atoms with Crippen LogP contribution in [-0.2, 0) is 0 Å². The molecule has 0 spiro atoms. The van der Waals surface area contributed by atoms with Gasteiger partial charge in [0.05, 0.1) is 6.10 Å². The summed E-state index contributed by atoms with van der Waals surface area (Å²) in [5.41, 5.74) is 1.69. The van der Waals surface area contributed by atoms with Crippen molar-refractivity contribution in [1.29, 1.82) is 0 Å². The van der Waals surface area contributed by atoms with Gasteiger partial charge in [0.25, 0.3) is 5.91 Å². The lowest BCUT2D eigenvalue weighted by Crippen LogP contribution is -2.46. The minimum Gasteiger partial charge on any atom is -0.393 e. The summed E-state index contributed by atoms with van der Waals surface area (Å²) in [4.78, 5) is 15.0. The van der Waals surface area contributed by atoms with Crippen LogP contribution < -0.4 is 5.32 Å². The lowest BCUT2D eigenvalue weighted by atomic mass is 9.89. The first-order valence-electron chi connectivity index (χ1n) is 5.78. The summed E-state index contributed by atoms with van der Waals surface area (Å²) in [6, 6.07) is 7.65. The van der Waals surface area contributed by atoms with E-state index in [9.17, 15) is 4.79 Å². The van der Waals surface area contributed by atoms with Crippen molar-refractivity contribution in [3.05, 3.63) is 36.0 Å². The number of rotatable bonds is 2. The molecule has 1 aromatic carbocycles. The molecule has 0 bridgehead atoms. The first-order chi connectivity index (χ1) is 8.22. The monoisotopic (exact) mass is 230 g/mol. The molecule has 0 unspecified atom stereocenters. The molecular formula is C13H14N2O2. The van der Waals surface area contributed by atoms with Crippen LogP contribution in [0.2, 0.25) is 0 Å². The fourth-order valence-corrected chi connectivity index (χ4v) is 2.17. The fraction of sp³-hybridized carbons (Fsp3) is 0.308. The molecule has 1 saturated carbocycles. The first kappa shape index (κ1) is 10.4. The number of fused-ring (bicyclic) bond motifs is 1. The van der Waals surface area contributed by atoms with Crippen LogP contribution in [0.15, 0.2) is 30.5 Å². The maximum Gasteiger partial charge on any atom is 0.251 e. The van der Waals surface area contributed by atoms with Crippen molar-refractivity contribution < 1.29 is 9.90 Å². The molecule has 3 rings (SSSR count). The van der Waals surface area contributed by atoms with E-state index in [0.29, 0.717) is 18.4 Å². The molecule has 4 nitrogen and oxygen atoms in total. The van der Waals surface area contributed by atoms with Crippen LogP contribution in [0.5, 0.6) is 0 Å². The summed E-state index contributed by atoms with van der Waals surface area (Å²) in [7, 11) is 0. The number of amides is 1. The summed E-state index contributed by atoms with van der Waals surface area (Å²) in [6.45, 7) is 0. The maximum absolute atomic E-state index is 11.9. The van der Waals surface area contributed by atoms with Gasteiger partial charge in [-0.15, -0.1) is 0 Å². The molecule has 0 aliphatic heterocycles. The average molecular weight is 230 g/mol. The van der Waals surface area contributed by atoms with Gasteiger partial charge in [0, 0.05) is 28.7 Å². The molecule has 4 heteroatoms. The van der Waals surface area contributed by atoms with E-state index < -0.39 is 0 Å². The van der Waals surface area contributed by atoms with Gasteiger partial charge < -0.3 is 15.4 Å². The van der Waals surface area contributed by atoms with E-state index in [1.807, 2.05) is 30.5 Å². The molecule has 0 atom stereocenters. The number of aromatic amines is 1. The third-order valence-electron chi connectivity index (χ3n) is 3.26. The second-order valence-corrected chi connectivity index (χ2v) is 4.58. The maximum atomic E-state index is 11.9. The largest absolute Gasteiger partial charge is 0.393 e. The normalized spacial score (nSPS) is 23.4. The summed E-state index contributed by atoms with van der Waals surface area (Å²) >= 11 is 0. The quantitative estimate of drug-likeness (QED) is 0.730. The highest BCUT2D eigenvalue weighted by molar-refractivity contribution is 5.98. The van der Waals surface area contributed by atoms with Crippen molar-refractivity contribution in [3.63, 3.8) is 0 Å². The fourth-order valence-electron chi connectivity index (χ4n) is 2.17. The van der Waals surface area contributed by atoms with Crippen molar-refractivity contribution >= 4 is 16.8 Å². The zero-order chi connectivity index (χ0) is 11.8. The van der Waals surface area contributed by atoms with Crippen LogP contribution in [0.1, 0.15) is 23.2 Å². The smallest absolute Gasteiger partial charge is 0.251 e. The van der Waals surface area contributed by atoms with Gasteiger partial charge in [-0.3, -0.25) is 4.79 Å². The average Bonchev–Trinajstić information content (AvgIpc) is 2.73. The van der Waals surface area contributed by atoms with E-state index in [0.717, 1.165) is 10.9 Å². The molecule has 1 heterocycles. The van der Waals surface area contributed by atoms with Crippen LogP contribution in [-0.4, -0.2) is 28.1 Å². The van der Waals surface area contributed by atoms with Crippen molar-refractivity contribution in [1.82, 2.24) is 10.3 Å². The molecule has 1 fully saturated rings. The van der Waals surface area contributed by atoms with Gasteiger partial charge in [-0.05, 0) is 37.1 Å². The Bertz CT molecular complexity index is 555. The van der Waals surface area contributed by atoms with Crippen LogP contribution in [0.3, 0.4) is 0 Å². The Morgan fingerprint density at radius 1 is 1.35 bits per heavy atom. The van der Waals surface area contributed by atoms with Gasteiger partial charge in [0.15, 0.2) is 0 Å². The Hall–Kier alpha value is -1.81. The molecule has 1 aliphatic carbocycles. The molecule has 2 aromatic rings. The van der Waals surface area contributed by atoms with Crippen LogP contribution >= 0.6 is 0 Å². The third kappa shape index (κ3) is 1.91. The van der Waals surface area contributed by atoms with E-state index in [1.165, 1.54) is 0 Å². The van der Waals surface area contributed by atoms with Crippen LogP contribution in [0.25, 0.3) is 10.9 Å². The number of nitrogens with one attached hydrogen (secondary N) is 2. The third-order valence-corrected chi connectivity index (χ3v) is 3.26. The molecule has 1 aromatic heterocycles. The van der Waals surface area contributed by atoms with E-state index in [2.05, 4.69) is 10.3 Å². The molecule has 1 amide bonds. The molecule has 0 saturated heterocycles. The lowest BCUT2D eigenvalue weighted by molar-refractivity contribution is 0.0563. The molecule has 0 radical (unpaired) electrons. The van der Waals surface area contributed by atoms with Gasteiger partial charge in [-0.2, -0.15) is 0 Å². The van der Waals surface area contributed by atoms with E-state index in [1.54, 1.807) is 0 Å². The Kier molecular flexibility index (Phi) is 2.37. The number of aromatic nitrogens is 1. The van der Waals surface area contributed by atoms with Crippen molar-refractivity contribution in [2.45, 2.75) is 25.0 Å². The summed E-state index contributed by atoms with van der Waals surface area (Å²) in [5, 5.41) is 13.1. The molecular weight excluding hydrogens is 216 g/mol. The van der Waals surface area contributed by atoms with Gasteiger partial charge in [-0.1, -0.05) is 0 Å². The van der Waals surface area contributed by atoms with Crippen LogP contribution in [0, 0.1) is 0 Å². The van der Waals surface area contributed by atoms with Crippen molar-refractivity contribution in [2.24, 2.45) is 0 Å². The van der Waals surface area contributed by atoms with E-state index in [-0.39, 0.29) is 18.1 Å². The highest BCUT2D eigenvalue weighted by atomic mass is 16.3. The lowest BCUT2D eigenvalue weighted by Gasteiger charge is -2.31. The van der Waals surface area contributed by atoms with Crippen molar-refractivity contribution in [3.8, 4) is 0 Å². The van der Waals surface area contributed by atoms with Gasteiger partial charge in [-0.25, -0.2) is 0 Å². The minimum atomic E-state index is -0.243. The summed E-state index contributed by atoms with van der Waals surface area (Å²) < 4.78 is 0. The van der Waals surface area contributed by atoms with Gasteiger partial charge in [0.2, 0.25) is 0 Å². The number of aliphatic hydroxyl groups is 1. The minimum absolute atomic E-state index is 0.0648. The second-order valence-electron chi connectivity index (χ2n) is 4.58. The number of benzene rings is 1. The highest BCUT2D eigenvalue weighted by Crippen LogP contribution is 2.20. The second kappa shape index (κ2) is 3.89. The summed E-state index contributed by atoms with van der Waals surface area (Å²) in [5.74, 6) is -0.0648.